The lowest BCUT2D eigenvalue weighted by atomic mass is 9.74. The predicted molar refractivity (Wildman–Crippen MR) is 92.0 cm³/mol. The molecule has 0 aromatic heterocycles. The average Bonchev–Trinajstić information content (AvgIpc) is 2.83. The van der Waals surface area contributed by atoms with Crippen molar-refractivity contribution in [1.82, 2.24) is 0 Å². The van der Waals surface area contributed by atoms with Gasteiger partial charge in [-0.3, -0.25) is 9.59 Å². The van der Waals surface area contributed by atoms with Crippen LogP contribution in [-0.2, 0) is 14.3 Å². The van der Waals surface area contributed by atoms with Crippen LogP contribution in [0.4, 0.5) is 0 Å². The number of cyclic esters (lactones) is 2. The van der Waals surface area contributed by atoms with E-state index >= 15 is 0 Å². The summed E-state index contributed by atoms with van der Waals surface area (Å²) in [7, 11) is 0. The van der Waals surface area contributed by atoms with E-state index in [4.69, 9.17) is 0 Å². The number of rotatable bonds is 4. The minimum Gasteiger partial charge on any atom is -0.388 e. The van der Waals surface area contributed by atoms with E-state index in [9.17, 15) is 29.4 Å². The smallest absolute Gasteiger partial charge is 0.358 e. The molecule has 0 spiro atoms. The molecule has 0 saturated carbocycles. The van der Waals surface area contributed by atoms with Crippen LogP contribution in [0.25, 0.3) is 0 Å². The summed E-state index contributed by atoms with van der Waals surface area (Å²) >= 11 is 0. The van der Waals surface area contributed by atoms with Crippen LogP contribution in [0.5, 0.6) is 0 Å². The Balaban J connectivity index is 2.21. The summed E-state index contributed by atoms with van der Waals surface area (Å²) in [5.41, 5.74) is -6.27. The predicted octanol–water partition coefficient (Wildman–Crippen LogP) is 0.915. The number of aliphatic hydroxyl groups is 2. The van der Waals surface area contributed by atoms with Crippen molar-refractivity contribution in [3.63, 3.8) is 0 Å². The van der Waals surface area contributed by atoms with Gasteiger partial charge in [0.25, 0.3) is 11.2 Å². The zero-order chi connectivity index (χ0) is 20.0. The van der Waals surface area contributed by atoms with Crippen molar-refractivity contribution in [2.24, 2.45) is 0 Å². The Labute approximate surface area is 154 Å². The largest absolute Gasteiger partial charge is 0.388 e. The number of ether oxygens (including phenoxy) is 1. The second-order valence-electron chi connectivity index (χ2n) is 6.39. The fourth-order valence-corrected chi connectivity index (χ4v) is 3.09. The van der Waals surface area contributed by atoms with Crippen LogP contribution in [-0.4, -0.2) is 44.9 Å². The zero-order valence-corrected chi connectivity index (χ0v) is 14.6. The molecule has 27 heavy (non-hydrogen) atoms. The first-order valence-electron chi connectivity index (χ1n) is 8.08. The highest BCUT2D eigenvalue weighted by atomic mass is 16.6. The van der Waals surface area contributed by atoms with Crippen LogP contribution in [0, 0.1) is 13.8 Å². The van der Waals surface area contributed by atoms with E-state index in [1.54, 1.807) is 38.1 Å². The summed E-state index contributed by atoms with van der Waals surface area (Å²) < 4.78 is 4.34. The number of aryl methyl sites for hydroxylation is 2. The van der Waals surface area contributed by atoms with Crippen molar-refractivity contribution in [2.75, 3.05) is 0 Å². The van der Waals surface area contributed by atoms with Gasteiger partial charge in [0.15, 0.2) is 0 Å². The van der Waals surface area contributed by atoms with E-state index in [2.05, 4.69) is 4.74 Å². The molecule has 1 fully saturated rings. The molecule has 0 bridgehead atoms. The fraction of sp³-hybridized carbons (Fsp3) is 0.200. The highest BCUT2D eigenvalue weighted by molar-refractivity contribution is 6.34. The Morgan fingerprint density at radius 3 is 1.41 bits per heavy atom. The highest BCUT2D eigenvalue weighted by Gasteiger charge is 2.76. The summed E-state index contributed by atoms with van der Waals surface area (Å²) in [5.74, 6) is -5.96. The molecule has 2 aromatic carbocycles. The van der Waals surface area contributed by atoms with E-state index in [1.807, 2.05) is 0 Å². The second-order valence-corrected chi connectivity index (χ2v) is 6.39. The number of hydrogen-bond donors (Lipinski definition) is 2. The Morgan fingerprint density at radius 2 is 1.07 bits per heavy atom. The summed E-state index contributed by atoms with van der Waals surface area (Å²) in [4.78, 5) is 50.4. The van der Waals surface area contributed by atoms with Gasteiger partial charge in [0.1, 0.15) is 0 Å². The van der Waals surface area contributed by atoms with Crippen molar-refractivity contribution in [2.45, 2.75) is 25.0 Å². The van der Waals surface area contributed by atoms with Crippen LogP contribution >= 0.6 is 0 Å². The van der Waals surface area contributed by atoms with Gasteiger partial charge >= 0.3 is 11.9 Å². The quantitative estimate of drug-likeness (QED) is 0.468. The Bertz CT molecular complexity index is 914. The van der Waals surface area contributed by atoms with Crippen molar-refractivity contribution < 1.29 is 34.1 Å². The molecular weight excluding hydrogens is 352 g/mol. The second kappa shape index (κ2) is 6.22. The molecule has 1 aliphatic heterocycles. The van der Waals surface area contributed by atoms with Crippen molar-refractivity contribution in [1.29, 1.82) is 0 Å². The number of benzene rings is 2. The Hall–Kier alpha value is -3.16. The zero-order valence-electron chi connectivity index (χ0n) is 14.6. The maximum atomic E-state index is 13.0. The molecule has 0 amide bonds. The maximum absolute atomic E-state index is 13.0. The lowest BCUT2D eigenvalue weighted by Crippen LogP contribution is -2.66. The molecule has 7 heteroatoms. The summed E-state index contributed by atoms with van der Waals surface area (Å²) in [6.07, 6.45) is 0. The van der Waals surface area contributed by atoms with E-state index in [-0.39, 0.29) is 11.1 Å². The molecule has 1 heterocycles. The number of Topliss-reactive ketones (excluding diaryl/α,β-unsaturated/α-hetero) is 2. The molecule has 1 aliphatic rings. The van der Waals surface area contributed by atoms with Gasteiger partial charge in [-0.25, -0.2) is 9.59 Å². The lowest BCUT2D eigenvalue weighted by molar-refractivity contribution is -0.157. The molecular formula is C20H16O7. The van der Waals surface area contributed by atoms with Gasteiger partial charge in [0.2, 0.25) is 11.6 Å². The monoisotopic (exact) mass is 368 g/mol. The normalized spacial score (nSPS) is 24.6. The van der Waals surface area contributed by atoms with Crippen LogP contribution < -0.4 is 0 Å². The molecule has 2 atom stereocenters. The van der Waals surface area contributed by atoms with Gasteiger partial charge < -0.3 is 14.9 Å². The van der Waals surface area contributed by atoms with Crippen LogP contribution in [0.2, 0.25) is 0 Å². The molecule has 0 radical (unpaired) electrons. The van der Waals surface area contributed by atoms with E-state index in [0.717, 1.165) is 0 Å². The maximum Gasteiger partial charge on any atom is 0.358 e. The number of carbonyl (C=O) groups excluding carboxylic acids is 4. The van der Waals surface area contributed by atoms with Gasteiger partial charge in [0, 0.05) is 11.1 Å². The summed E-state index contributed by atoms with van der Waals surface area (Å²) in [6.45, 7) is 3.09. The third-order valence-electron chi connectivity index (χ3n) is 4.74. The number of carbonyl (C=O) groups is 4. The van der Waals surface area contributed by atoms with Crippen LogP contribution in [0.15, 0.2) is 48.5 Å². The van der Waals surface area contributed by atoms with Crippen molar-refractivity contribution in [3.8, 4) is 0 Å². The molecule has 7 nitrogen and oxygen atoms in total. The lowest BCUT2D eigenvalue weighted by Gasteiger charge is -2.29. The highest BCUT2D eigenvalue weighted by Crippen LogP contribution is 2.38. The van der Waals surface area contributed by atoms with Gasteiger partial charge in [0.05, 0.1) is 0 Å². The Morgan fingerprint density at radius 1 is 0.741 bits per heavy atom. The molecule has 3 rings (SSSR count). The van der Waals surface area contributed by atoms with E-state index in [0.29, 0.717) is 11.1 Å². The molecule has 0 unspecified atom stereocenters. The molecule has 2 N–H and O–H groups in total. The van der Waals surface area contributed by atoms with E-state index in [1.165, 1.54) is 24.3 Å². The fourth-order valence-electron chi connectivity index (χ4n) is 3.09. The minimum absolute atomic E-state index is 0.123. The van der Waals surface area contributed by atoms with Gasteiger partial charge in [-0.2, -0.15) is 0 Å². The van der Waals surface area contributed by atoms with Gasteiger partial charge in [-0.15, -0.1) is 0 Å². The third-order valence-corrected chi connectivity index (χ3v) is 4.74. The number of ketones is 2. The van der Waals surface area contributed by atoms with Gasteiger partial charge in [-0.1, -0.05) is 48.5 Å². The minimum atomic E-state index is -3.39. The van der Waals surface area contributed by atoms with Crippen LogP contribution in [0.1, 0.15) is 31.8 Å². The number of hydrogen-bond acceptors (Lipinski definition) is 7. The third kappa shape index (κ3) is 2.43. The van der Waals surface area contributed by atoms with Gasteiger partial charge in [-0.05, 0) is 25.0 Å². The summed E-state index contributed by atoms with van der Waals surface area (Å²) in [5, 5.41) is 21.8. The average molecular weight is 368 g/mol. The first-order valence-corrected chi connectivity index (χ1v) is 8.08. The summed E-state index contributed by atoms with van der Waals surface area (Å²) in [6, 6.07) is 11.9. The first-order chi connectivity index (χ1) is 12.7. The standard InChI is InChI=1S/C20H16O7/c1-11-7-3-5-9-13(11)15(21)19(25)17(23)27-18(24)20(19,26)16(22)14-10-6-4-8-12(14)2/h3-10,25-26H,1-2H3/t19-,20-/m1/s1. The van der Waals surface area contributed by atoms with E-state index < -0.39 is 34.7 Å². The topological polar surface area (TPSA) is 118 Å². The number of esters is 2. The molecule has 138 valence electrons. The molecule has 1 saturated heterocycles. The van der Waals surface area contributed by atoms with Crippen molar-refractivity contribution >= 4 is 23.5 Å². The Kier molecular flexibility index (Phi) is 4.29. The van der Waals surface area contributed by atoms with Crippen LogP contribution in [0.3, 0.4) is 0 Å². The molecule has 0 aliphatic carbocycles. The van der Waals surface area contributed by atoms with Crippen molar-refractivity contribution in [3.05, 3.63) is 70.8 Å². The first kappa shape index (κ1) is 18.6. The molecule has 2 aromatic rings. The SMILES string of the molecule is Cc1ccccc1C(=O)[C@@]1(O)C(=O)OC(=O)[C@]1(O)C(=O)c1ccccc1C.